The molecule has 2 heterocycles. The lowest BCUT2D eigenvalue weighted by molar-refractivity contribution is -0.153. The van der Waals surface area contributed by atoms with Crippen molar-refractivity contribution in [3.05, 3.63) is 16.1 Å². The normalized spacial score (nSPS) is 20.2. The smallest absolute Gasteiger partial charge is 0.333 e. The van der Waals surface area contributed by atoms with E-state index in [0.29, 0.717) is 19.6 Å². The van der Waals surface area contributed by atoms with Crippen LogP contribution in [0.1, 0.15) is 17.5 Å². The summed E-state index contributed by atoms with van der Waals surface area (Å²) in [5.41, 5.74) is 2.60. The van der Waals surface area contributed by atoms with E-state index in [9.17, 15) is 18.0 Å². The molecule has 124 valence electrons. The number of nitrogens with one attached hydrogen (secondary N) is 1. The number of aromatic nitrogens is 1. The minimum Gasteiger partial charge on any atom is -0.333 e. The molecule has 1 aliphatic heterocycles. The van der Waals surface area contributed by atoms with Gasteiger partial charge in [-0.05, 0) is 13.8 Å². The molecule has 5 nitrogen and oxygen atoms in total. The highest BCUT2D eigenvalue weighted by Crippen LogP contribution is 2.20. The third-order valence-corrected chi connectivity index (χ3v) is 4.61. The van der Waals surface area contributed by atoms with Crippen molar-refractivity contribution in [2.75, 3.05) is 26.2 Å². The van der Waals surface area contributed by atoms with Crippen LogP contribution in [-0.2, 0) is 6.54 Å². The zero-order chi connectivity index (χ0) is 16.3. The topological polar surface area (TPSA) is 48.5 Å². The molecule has 1 atom stereocenters. The van der Waals surface area contributed by atoms with Crippen molar-refractivity contribution in [3.63, 3.8) is 0 Å². The predicted octanol–water partition coefficient (Wildman–Crippen LogP) is 2.23. The predicted molar refractivity (Wildman–Crippen MR) is 77.7 cm³/mol. The van der Waals surface area contributed by atoms with Crippen LogP contribution >= 0.6 is 11.3 Å². The minimum atomic E-state index is -4.21. The van der Waals surface area contributed by atoms with Crippen LogP contribution in [0.5, 0.6) is 0 Å². The highest BCUT2D eigenvalue weighted by Gasteiger charge is 2.35. The second kappa shape index (κ2) is 6.82. The number of halogens is 3. The van der Waals surface area contributed by atoms with Crippen molar-refractivity contribution in [3.8, 4) is 0 Å². The number of carbonyl (C=O) groups is 1. The van der Waals surface area contributed by atoms with Gasteiger partial charge in [-0.1, -0.05) is 0 Å². The van der Waals surface area contributed by atoms with Crippen molar-refractivity contribution >= 4 is 17.4 Å². The monoisotopic (exact) mass is 336 g/mol. The number of urea groups is 1. The molecule has 9 heteroatoms. The fourth-order valence-corrected chi connectivity index (χ4v) is 3.13. The van der Waals surface area contributed by atoms with Crippen molar-refractivity contribution in [1.29, 1.82) is 0 Å². The largest absolute Gasteiger partial charge is 0.401 e. The summed E-state index contributed by atoms with van der Waals surface area (Å²) in [6, 6.07) is -0.558. The molecule has 1 saturated heterocycles. The molecule has 1 aromatic rings. The summed E-state index contributed by atoms with van der Waals surface area (Å²) in [4.78, 5) is 20.1. The summed E-state index contributed by atoms with van der Waals surface area (Å²) in [5, 5.41) is 2.80. The third-order valence-electron chi connectivity index (χ3n) is 3.68. The summed E-state index contributed by atoms with van der Waals surface area (Å²) < 4.78 is 37.3. The molecule has 1 N–H and O–H groups in total. The Morgan fingerprint density at radius 3 is 2.77 bits per heavy atom. The fraction of sp³-hybridized carbons (Fsp3) is 0.692. The van der Waals surface area contributed by atoms with E-state index in [1.807, 2.05) is 6.92 Å². The lowest BCUT2D eigenvalue weighted by atomic mass is 10.2. The van der Waals surface area contributed by atoms with Gasteiger partial charge in [0.15, 0.2) is 0 Å². The van der Waals surface area contributed by atoms with Crippen LogP contribution in [0.2, 0.25) is 0 Å². The van der Waals surface area contributed by atoms with Crippen molar-refractivity contribution < 1.29 is 18.0 Å². The molecule has 0 spiro atoms. The van der Waals surface area contributed by atoms with Gasteiger partial charge in [-0.3, -0.25) is 4.90 Å². The summed E-state index contributed by atoms with van der Waals surface area (Å²) in [6.07, 6.45) is -4.21. The molecule has 0 aliphatic carbocycles. The van der Waals surface area contributed by atoms with E-state index in [4.69, 9.17) is 0 Å². The molecular weight excluding hydrogens is 317 g/mol. The van der Waals surface area contributed by atoms with Crippen LogP contribution in [0.25, 0.3) is 0 Å². The van der Waals surface area contributed by atoms with E-state index < -0.39 is 12.7 Å². The summed E-state index contributed by atoms with van der Waals surface area (Å²) in [5.74, 6) is 0. The number of nitrogens with zero attached hydrogens (tertiary/aromatic N) is 3. The van der Waals surface area contributed by atoms with Crippen LogP contribution in [0.3, 0.4) is 0 Å². The first-order valence-corrected chi connectivity index (χ1v) is 7.87. The highest BCUT2D eigenvalue weighted by atomic mass is 32.1. The Labute approximate surface area is 131 Å². The zero-order valence-corrected chi connectivity index (χ0v) is 13.3. The van der Waals surface area contributed by atoms with Gasteiger partial charge in [0.25, 0.3) is 0 Å². The van der Waals surface area contributed by atoms with Gasteiger partial charge in [0.1, 0.15) is 0 Å². The van der Waals surface area contributed by atoms with Gasteiger partial charge in [0, 0.05) is 30.6 Å². The Balaban J connectivity index is 1.82. The van der Waals surface area contributed by atoms with Gasteiger partial charge in [-0.2, -0.15) is 13.2 Å². The summed E-state index contributed by atoms with van der Waals surface area (Å²) >= 11 is 1.47. The van der Waals surface area contributed by atoms with Crippen LogP contribution < -0.4 is 5.32 Å². The Kier molecular flexibility index (Phi) is 5.28. The molecule has 1 fully saturated rings. The molecule has 0 bridgehead atoms. The number of piperazine rings is 1. The highest BCUT2D eigenvalue weighted by molar-refractivity contribution is 7.09. The molecule has 1 unspecified atom stereocenters. The standard InChI is InChI=1S/C13H19F3N4OS/c1-9-6-19(3-4-20(9)7-13(14,15)16)12(21)17-5-11-10(2)18-8-22-11/h8-9H,3-7H2,1-2H3,(H,17,21). The number of alkyl halides is 3. The van der Waals surface area contributed by atoms with E-state index in [0.717, 1.165) is 10.6 Å². The number of thiazole rings is 1. The van der Waals surface area contributed by atoms with E-state index in [1.54, 1.807) is 17.3 Å². The zero-order valence-electron chi connectivity index (χ0n) is 12.5. The number of rotatable bonds is 3. The average Bonchev–Trinajstić information content (AvgIpc) is 2.82. The first kappa shape index (κ1) is 17.0. The maximum atomic E-state index is 12.4. The summed E-state index contributed by atoms with van der Waals surface area (Å²) in [7, 11) is 0. The Bertz CT molecular complexity index is 520. The first-order chi connectivity index (χ1) is 10.3. The number of aryl methyl sites for hydroxylation is 1. The molecule has 0 saturated carbocycles. The number of hydrogen-bond acceptors (Lipinski definition) is 4. The Hall–Kier alpha value is -1.35. The molecule has 1 aromatic heterocycles. The second-order valence-corrected chi connectivity index (χ2v) is 6.34. The maximum Gasteiger partial charge on any atom is 0.401 e. The Morgan fingerprint density at radius 1 is 1.50 bits per heavy atom. The number of amides is 2. The third kappa shape index (κ3) is 4.57. The average molecular weight is 336 g/mol. The van der Waals surface area contributed by atoms with Crippen LogP contribution in [-0.4, -0.2) is 59.2 Å². The SMILES string of the molecule is Cc1ncsc1CNC(=O)N1CCN(CC(F)(F)F)C(C)C1. The van der Waals surface area contributed by atoms with Gasteiger partial charge in [0.2, 0.25) is 0 Å². The number of hydrogen-bond donors (Lipinski definition) is 1. The van der Waals surface area contributed by atoms with Crippen LogP contribution in [0.4, 0.5) is 18.0 Å². The van der Waals surface area contributed by atoms with Crippen LogP contribution in [0.15, 0.2) is 5.51 Å². The lowest BCUT2D eigenvalue weighted by Gasteiger charge is -2.39. The molecule has 0 aromatic carbocycles. The van der Waals surface area contributed by atoms with E-state index in [1.165, 1.54) is 16.2 Å². The maximum absolute atomic E-state index is 12.4. The van der Waals surface area contributed by atoms with Gasteiger partial charge in [-0.25, -0.2) is 9.78 Å². The molecule has 2 amide bonds. The van der Waals surface area contributed by atoms with Crippen molar-refractivity contribution in [1.82, 2.24) is 20.1 Å². The van der Waals surface area contributed by atoms with Crippen molar-refractivity contribution in [2.24, 2.45) is 0 Å². The lowest BCUT2D eigenvalue weighted by Crippen LogP contribution is -2.57. The minimum absolute atomic E-state index is 0.230. The molecular formula is C13H19F3N4OS. The van der Waals surface area contributed by atoms with Crippen LogP contribution in [0, 0.1) is 6.92 Å². The van der Waals surface area contributed by atoms with Gasteiger partial charge in [-0.15, -0.1) is 11.3 Å². The molecule has 22 heavy (non-hydrogen) atoms. The molecule has 2 rings (SSSR count). The van der Waals surface area contributed by atoms with Gasteiger partial charge in [0.05, 0.1) is 24.3 Å². The van der Waals surface area contributed by atoms with E-state index in [2.05, 4.69) is 10.3 Å². The number of carbonyl (C=O) groups excluding carboxylic acids is 1. The molecule has 0 radical (unpaired) electrons. The first-order valence-electron chi connectivity index (χ1n) is 6.99. The fourth-order valence-electron chi connectivity index (χ4n) is 2.41. The van der Waals surface area contributed by atoms with Crippen molar-refractivity contribution in [2.45, 2.75) is 32.6 Å². The van der Waals surface area contributed by atoms with Gasteiger partial charge >= 0.3 is 12.2 Å². The van der Waals surface area contributed by atoms with E-state index in [-0.39, 0.29) is 18.6 Å². The quantitative estimate of drug-likeness (QED) is 0.921. The second-order valence-electron chi connectivity index (χ2n) is 5.40. The molecule has 1 aliphatic rings. The Morgan fingerprint density at radius 2 is 2.23 bits per heavy atom. The van der Waals surface area contributed by atoms with E-state index >= 15 is 0 Å². The summed E-state index contributed by atoms with van der Waals surface area (Å²) in [6.45, 7) is 3.87. The van der Waals surface area contributed by atoms with Gasteiger partial charge < -0.3 is 10.2 Å².